The van der Waals surface area contributed by atoms with Crippen molar-refractivity contribution < 1.29 is 14.4 Å². The quantitative estimate of drug-likeness (QED) is 0.767. The van der Waals surface area contributed by atoms with Crippen LogP contribution in [0.1, 0.15) is 72.1 Å². The maximum absolute atomic E-state index is 13.1. The number of rotatable bonds is 2. The average Bonchev–Trinajstić information content (AvgIpc) is 2.68. The van der Waals surface area contributed by atoms with Gasteiger partial charge in [0.05, 0.1) is 0 Å². The molecular formula is C20H33N3O3. The van der Waals surface area contributed by atoms with E-state index >= 15 is 0 Å². The summed E-state index contributed by atoms with van der Waals surface area (Å²) in [7, 11) is 0. The summed E-state index contributed by atoms with van der Waals surface area (Å²) in [5.41, 5.74) is -0.821. The minimum absolute atomic E-state index is 0.00363. The van der Waals surface area contributed by atoms with Crippen molar-refractivity contribution in [1.29, 1.82) is 0 Å². The van der Waals surface area contributed by atoms with E-state index in [0.29, 0.717) is 18.8 Å². The Morgan fingerprint density at radius 2 is 1.69 bits per heavy atom. The van der Waals surface area contributed by atoms with Crippen LogP contribution >= 0.6 is 0 Å². The summed E-state index contributed by atoms with van der Waals surface area (Å²) in [5, 5.41) is 2.95. The van der Waals surface area contributed by atoms with Crippen molar-refractivity contribution in [2.24, 2.45) is 11.3 Å². The molecule has 1 N–H and O–H groups in total. The summed E-state index contributed by atoms with van der Waals surface area (Å²) in [6.45, 7) is 7.78. The predicted molar refractivity (Wildman–Crippen MR) is 99.4 cm³/mol. The molecule has 0 radical (unpaired) electrons. The molecule has 4 amide bonds. The number of hydrogen-bond acceptors (Lipinski definition) is 3. The zero-order valence-electron chi connectivity index (χ0n) is 16.5. The molecule has 26 heavy (non-hydrogen) atoms. The minimum Gasteiger partial charge on any atom is -0.341 e. The van der Waals surface area contributed by atoms with E-state index in [2.05, 4.69) is 26.1 Å². The van der Waals surface area contributed by atoms with Crippen LogP contribution in [0, 0.1) is 11.3 Å². The van der Waals surface area contributed by atoms with E-state index < -0.39 is 11.6 Å². The summed E-state index contributed by atoms with van der Waals surface area (Å²) in [4.78, 5) is 41.4. The molecule has 0 aromatic carbocycles. The van der Waals surface area contributed by atoms with Gasteiger partial charge in [-0.25, -0.2) is 4.79 Å². The highest BCUT2D eigenvalue weighted by Gasteiger charge is 2.56. The van der Waals surface area contributed by atoms with E-state index in [1.54, 1.807) is 0 Å². The largest absolute Gasteiger partial charge is 0.341 e. The van der Waals surface area contributed by atoms with Gasteiger partial charge in [0.25, 0.3) is 5.91 Å². The van der Waals surface area contributed by atoms with Gasteiger partial charge in [0.1, 0.15) is 12.1 Å². The SMILES string of the molecule is CC1CC(C)(C)CC2(C1)NC(=O)N(CC(=O)N1CCCCCCC1)C2=O. The van der Waals surface area contributed by atoms with Gasteiger partial charge in [-0.15, -0.1) is 0 Å². The van der Waals surface area contributed by atoms with Gasteiger partial charge >= 0.3 is 6.03 Å². The van der Waals surface area contributed by atoms with Gasteiger partial charge in [-0.2, -0.15) is 0 Å². The molecular weight excluding hydrogens is 330 g/mol. The topological polar surface area (TPSA) is 69.7 Å². The van der Waals surface area contributed by atoms with Gasteiger partial charge in [0.2, 0.25) is 5.91 Å². The monoisotopic (exact) mass is 363 g/mol. The van der Waals surface area contributed by atoms with Gasteiger partial charge in [0, 0.05) is 13.1 Å². The highest BCUT2D eigenvalue weighted by molar-refractivity contribution is 6.09. The third-order valence-corrected chi connectivity index (χ3v) is 6.13. The van der Waals surface area contributed by atoms with Crippen molar-refractivity contribution in [3.05, 3.63) is 0 Å². The number of hydrogen-bond donors (Lipinski definition) is 1. The summed E-state index contributed by atoms with van der Waals surface area (Å²) in [6, 6.07) is -0.403. The van der Waals surface area contributed by atoms with Crippen LogP contribution in [0.15, 0.2) is 0 Å². The van der Waals surface area contributed by atoms with Crippen molar-refractivity contribution in [2.45, 2.75) is 77.7 Å². The Morgan fingerprint density at radius 1 is 1.08 bits per heavy atom. The maximum Gasteiger partial charge on any atom is 0.325 e. The minimum atomic E-state index is -0.825. The lowest BCUT2D eigenvalue weighted by molar-refractivity contribution is -0.141. The molecule has 0 aromatic heterocycles. The summed E-state index contributed by atoms with van der Waals surface area (Å²) in [5.74, 6) is 0.0612. The van der Waals surface area contributed by atoms with Gasteiger partial charge in [-0.05, 0) is 43.4 Å². The molecule has 0 aromatic rings. The fourth-order valence-electron chi connectivity index (χ4n) is 5.38. The van der Waals surface area contributed by atoms with Crippen molar-refractivity contribution in [3.8, 4) is 0 Å². The number of nitrogens with zero attached hydrogens (tertiary/aromatic N) is 2. The third kappa shape index (κ3) is 3.89. The van der Waals surface area contributed by atoms with Crippen LogP contribution in [-0.2, 0) is 9.59 Å². The van der Waals surface area contributed by atoms with Crippen molar-refractivity contribution in [3.63, 3.8) is 0 Å². The number of amides is 4. The van der Waals surface area contributed by atoms with Crippen LogP contribution in [0.2, 0.25) is 0 Å². The smallest absolute Gasteiger partial charge is 0.325 e. The Balaban J connectivity index is 1.70. The first-order valence-electron chi connectivity index (χ1n) is 10.1. The molecule has 1 aliphatic carbocycles. The fraction of sp³-hybridized carbons (Fsp3) is 0.850. The molecule has 146 valence electrons. The van der Waals surface area contributed by atoms with Gasteiger partial charge in [-0.1, -0.05) is 40.0 Å². The van der Waals surface area contributed by atoms with E-state index in [0.717, 1.165) is 50.1 Å². The second-order valence-electron chi connectivity index (χ2n) is 9.41. The molecule has 2 aliphatic heterocycles. The van der Waals surface area contributed by atoms with E-state index in [9.17, 15) is 14.4 Å². The zero-order chi connectivity index (χ0) is 18.9. The maximum atomic E-state index is 13.1. The van der Waals surface area contributed by atoms with Crippen molar-refractivity contribution in [1.82, 2.24) is 15.1 Å². The Kier molecular flexibility index (Phi) is 5.31. The first-order valence-corrected chi connectivity index (χ1v) is 10.1. The molecule has 2 saturated heterocycles. The molecule has 1 saturated carbocycles. The number of carbonyl (C=O) groups excluding carboxylic acids is 3. The highest BCUT2D eigenvalue weighted by Crippen LogP contribution is 2.46. The van der Waals surface area contributed by atoms with Gasteiger partial charge < -0.3 is 10.2 Å². The van der Waals surface area contributed by atoms with Gasteiger partial charge in [-0.3, -0.25) is 14.5 Å². The number of likely N-dealkylation sites (tertiary alicyclic amines) is 1. The van der Waals surface area contributed by atoms with Crippen LogP contribution < -0.4 is 5.32 Å². The second-order valence-corrected chi connectivity index (χ2v) is 9.41. The van der Waals surface area contributed by atoms with Crippen LogP contribution in [0.5, 0.6) is 0 Å². The Bertz CT molecular complexity index is 581. The number of carbonyl (C=O) groups is 3. The van der Waals surface area contributed by atoms with Crippen LogP contribution in [0.3, 0.4) is 0 Å². The lowest BCUT2D eigenvalue weighted by Gasteiger charge is -2.43. The predicted octanol–water partition coefficient (Wildman–Crippen LogP) is 2.92. The molecule has 3 fully saturated rings. The molecule has 1 spiro atoms. The first-order chi connectivity index (χ1) is 12.2. The van der Waals surface area contributed by atoms with Crippen molar-refractivity contribution >= 4 is 17.8 Å². The second kappa shape index (κ2) is 7.20. The highest BCUT2D eigenvalue weighted by atomic mass is 16.2. The van der Waals surface area contributed by atoms with E-state index in [1.807, 2.05) is 4.90 Å². The Labute approximate surface area is 156 Å². The number of imide groups is 1. The lowest BCUT2D eigenvalue weighted by atomic mass is 9.64. The third-order valence-electron chi connectivity index (χ3n) is 6.13. The summed E-state index contributed by atoms with van der Waals surface area (Å²) in [6.07, 6.45) is 7.86. The first kappa shape index (κ1) is 19.2. The van der Waals surface area contributed by atoms with Crippen LogP contribution in [0.25, 0.3) is 0 Å². The van der Waals surface area contributed by atoms with Crippen molar-refractivity contribution in [2.75, 3.05) is 19.6 Å². The molecule has 6 heteroatoms. The summed E-state index contributed by atoms with van der Waals surface area (Å²) >= 11 is 0. The van der Waals surface area contributed by atoms with Crippen LogP contribution in [0.4, 0.5) is 4.79 Å². The molecule has 3 aliphatic rings. The average molecular weight is 364 g/mol. The Hall–Kier alpha value is -1.59. The van der Waals surface area contributed by atoms with Gasteiger partial charge in [0.15, 0.2) is 0 Å². The normalized spacial score (nSPS) is 32.3. The molecule has 2 heterocycles. The summed E-state index contributed by atoms with van der Waals surface area (Å²) < 4.78 is 0. The molecule has 6 nitrogen and oxygen atoms in total. The molecule has 2 unspecified atom stereocenters. The fourth-order valence-corrected chi connectivity index (χ4v) is 5.38. The van der Waals surface area contributed by atoms with E-state index in [1.165, 1.54) is 6.42 Å². The van der Waals surface area contributed by atoms with E-state index in [4.69, 9.17) is 0 Å². The Morgan fingerprint density at radius 3 is 2.31 bits per heavy atom. The zero-order valence-corrected chi connectivity index (χ0v) is 16.5. The molecule has 0 bridgehead atoms. The van der Waals surface area contributed by atoms with Crippen LogP contribution in [-0.4, -0.2) is 52.8 Å². The molecule has 2 atom stereocenters. The number of urea groups is 1. The van der Waals surface area contributed by atoms with E-state index in [-0.39, 0.29) is 23.8 Å². The lowest BCUT2D eigenvalue weighted by Crippen LogP contribution is -2.54. The molecule has 3 rings (SSSR count). The standard InChI is InChI=1S/C20H33N3O3/c1-15-11-19(2,3)14-20(12-15)17(25)23(18(26)21-20)13-16(24)22-9-7-5-4-6-8-10-22/h15H,4-14H2,1-3H3,(H,21,26). The number of nitrogens with one attached hydrogen (secondary N) is 1.